The average molecular weight is 280 g/mol. The zero-order valence-corrected chi connectivity index (χ0v) is 11.8. The van der Waals surface area contributed by atoms with Crippen LogP contribution in [0.15, 0.2) is 59.2 Å². The van der Waals surface area contributed by atoms with Crippen LogP contribution in [0.4, 0.5) is 0 Å². The van der Waals surface area contributed by atoms with Crippen molar-refractivity contribution >= 4 is 16.8 Å². The van der Waals surface area contributed by atoms with E-state index in [0.29, 0.717) is 16.9 Å². The first-order chi connectivity index (χ1) is 10.3. The molecule has 0 aliphatic rings. The maximum absolute atomic E-state index is 12.2. The molecule has 3 rings (SSSR count). The van der Waals surface area contributed by atoms with Crippen LogP contribution in [-0.2, 0) is 6.42 Å². The van der Waals surface area contributed by atoms with Crippen LogP contribution in [0.2, 0.25) is 0 Å². The molecular weight excluding hydrogens is 264 g/mol. The van der Waals surface area contributed by atoms with Crippen LogP contribution in [0.5, 0.6) is 5.75 Å². The lowest BCUT2D eigenvalue weighted by molar-refractivity contribution is 0.0922. The normalized spacial score (nSPS) is 10.7. The molecule has 0 N–H and O–H groups in total. The number of carbonyl (C=O) groups excluding carboxylic acids is 1. The van der Waals surface area contributed by atoms with Gasteiger partial charge in [0.2, 0.25) is 5.78 Å². The number of hydrogen-bond donors (Lipinski definition) is 0. The van der Waals surface area contributed by atoms with Gasteiger partial charge < -0.3 is 9.15 Å². The van der Waals surface area contributed by atoms with Crippen LogP contribution >= 0.6 is 0 Å². The van der Waals surface area contributed by atoms with Crippen LogP contribution in [0.25, 0.3) is 11.0 Å². The van der Waals surface area contributed by atoms with E-state index in [9.17, 15) is 4.79 Å². The topological polar surface area (TPSA) is 39.4 Å². The molecule has 1 aromatic heterocycles. The summed E-state index contributed by atoms with van der Waals surface area (Å²) in [4.78, 5) is 12.2. The first-order valence-electron chi connectivity index (χ1n) is 6.99. The summed E-state index contributed by atoms with van der Waals surface area (Å²) in [7, 11) is 0. The Morgan fingerprint density at radius 3 is 2.62 bits per heavy atom. The van der Waals surface area contributed by atoms with E-state index in [1.807, 2.05) is 48.5 Å². The Morgan fingerprint density at radius 1 is 1.10 bits per heavy atom. The summed E-state index contributed by atoms with van der Waals surface area (Å²) in [5, 5.41) is 0.826. The lowest BCUT2D eigenvalue weighted by Crippen LogP contribution is -2.11. The summed E-state index contributed by atoms with van der Waals surface area (Å²) >= 11 is 0. The molecule has 21 heavy (non-hydrogen) atoms. The first-order valence-corrected chi connectivity index (χ1v) is 6.99. The minimum Gasteiger partial charge on any atom is -0.485 e. The van der Waals surface area contributed by atoms with E-state index >= 15 is 0 Å². The van der Waals surface area contributed by atoms with Crippen LogP contribution < -0.4 is 4.74 Å². The monoisotopic (exact) mass is 280 g/mol. The third-order valence-corrected chi connectivity index (χ3v) is 3.48. The number of para-hydroxylation sites is 1. The van der Waals surface area contributed by atoms with Gasteiger partial charge in [0.1, 0.15) is 17.6 Å². The third kappa shape index (κ3) is 2.82. The molecule has 2 aromatic carbocycles. The van der Waals surface area contributed by atoms with E-state index in [-0.39, 0.29) is 12.4 Å². The highest BCUT2D eigenvalue weighted by atomic mass is 16.5. The molecule has 0 saturated heterocycles. The number of furan rings is 1. The van der Waals surface area contributed by atoms with E-state index < -0.39 is 0 Å². The Morgan fingerprint density at radius 2 is 1.86 bits per heavy atom. The summed E-state index contributed by atoms with van der Waals surface area (Å²) < 4.78 is 10.9. The highest BCUT2D eigenvalue weighted by Crippen LogP contribution is 2.21. The quantitative estimate of drug-likeness (QED) is 0.656. The fourth-order valence-corrected chi connectivity index (χ4v) is 2.24. The number of ether oxygens (including phenoxy) is 1. The van der Waals surface area contributed by atoms with E-state index in [1.165, 1.54) is 11.8 Å². The summed E-state index contributed by atoms with van der Waals surface area (Å²) in [5.74, 6) is 0.618. The van der Waals surface area contributed by atoms with Gasteiger partial charge in [0, 0.05) is 5.39 Å². The Hall–Kier alpha value is -2.55. The Bertz CT molecular complexity index is 753. The van der Waals surface area contributed by atoms with Crippen molar-refractivity contribution < 1.29 is 13.9 Å². The Kier molecular flexibility index (Phi) is 3.73. The van der Waals surface area contributed by atoms with Gasteiger partial charge in [-0.15, -0.1) is 0 Å². The zero-order chi connectivity index (χ0) is 14.7. The molecule has 0 amide bonds. The predicted molar refractivity (Wildman–Crippen MR) is 81.9 cm³/mol. The standard InChI is InChI=1S/C18H16O3/c1-2-13-7-9-14(10-8-13)20-12-17(19)16-11-21-18-6-4-3-5-15(16)18/h3-11H,2,12H2,1H3. The molecule has 0 unspecified atom stereocenters. The average Bonchev–Trinajstić information content (AvgIpc) is 2.97. The smallest absolute Gasteiger partial charge is 0.204 e. The molecule has 0 saturated carbocycles. The van der Waals surface area contributed by atoms with Crippen molar-refractivity contribution in [2.24, 2.45) is 0 Å². The van der Waals surface area contributed by atoms with Gasteiger partial charge >= 0.3 is 0 Å². The highest BCUT2D eigenvalue weighted by molar-refractivity contribution is 6.07. The molecule has 0 radical (unpaired) electrons. The second-order valence-corrected chi connectivity index (χ2v) is 4.85. The number of carbonyl (C=O) groups is 1. The van der Waals surface area contributed by atoms with Crippen LogP contribution in [0, 0.1) is 0 Å². The number of hydrogen-bond acceptors (Lipinski definition) is 3. The van der Waals surface area contributed by atoms with Crippen LogP contribution in [0.3, 0.4) is 0 Å². The van der Waals surface area contributed by atoms with Crippen molar-refractivity contribution in [2.45, 2.75) is 13.3 Å². The Balaban J connectivity index is 1.71. The lowest BCUT2D eigenvalue weighted by atomic mass is 10.1. The van der Waals surface area contributed by atoms with Crippen molar-refractivity contribution in [3.05, 3.63) is 65.9 Å². The summed E-state index contributed by atoms with van der Waals surface area (Å²) in [6, 6.07) is 15.3. The molecule has 0 atom stereocenters. The van der Waals surface area contributed by atoms with Crippen molar-refractivity contribution in [3.63, 3.8) is 0 Å². The van der Waals surface area contributed by atoms with Gasteiger partial charge in [0.15, 0.2) is 6.61 Å². The maximum atomic E-state index is 12.2. The third-order valence-electron chi connectivity index (χ3n) is 3.48. The largest absolute Gasteiger partial charge is 0.485 e. The van der Waals surface area contributed by atoms with E-state index in [4.69, 9.17) is 9.15 Å². The van der Waals surface area contributed by atoms with Gasteiger partial charge in [-0.05, 0) is 30.2 Å². The molecule has 106 valence electrons. The SMILES string of the molecule is CCc1ccc(OCC(=O)c2coc3ccccc23)cc1. The lowest BCUT2D eigenvalue weighted by Gasteiger charge is -2.05. The van der Waals surface area contributed by atoms with E-state index in [0.717, 1.165) is 11.8 Å². The van der Waals surface area contributed by atoms with Gasteiger partial charge in [-0.2, -0.15) is 0 Å². The predicted octanol–water partition coefficient (Wildman–Crippen LogP) is 4.26. The molecule has 0 aliphatic heterocycles. The molecular formula is C18H16O3. The second kappa shape index (κ2) is 5.83. The van der Waals surface area contributed by atoms with Crippen LogP contribution in [0.1, 0.15) is 22.8 Å². The minimum absolute atomic E-state index is 0.00893. The summed E-state index contributed by atoms with van der Waals surface area (Å²) in [6.07, 6.45) is 2.48. The molecule has 3 nitrogen and oxygen atoms in total. The molecule has 3 heteroatoms. The van der Waals surface area contributed by atoms with Gasteiger partial charge in [-0.25, -0.2) is 0 Å². The highest BCUT2D eigenvalue weighted by Gasteiger charge is 2.13. The van der Waals surface area contributed by atoms with Crippen LogP contribution in [-0.4, -0.2) is 12.4 Å². The van der Waals surface area contributed by atoms with Gasteiger partial charge in [0.25, 0.3) is 0 Å². The molecule has 3 aromatic rings. The van der Waals surface area contributed by atoms with Gasteiger partial charge in [-0.3, -0.25) is 4.79 Å². The fraction of sp³-hybridized carbons (Fsp3) is 0.167. The number of aryl methyl sites for hydroxylation is 1. The number of benzene rings is 2. The second-order valence-electron chi connectivity index (χ2n) is 4.85. The van der Waals surface area contributed by atoms with Crippen molar-refractivity contribution in [2.75, 3.05) is 6.61 Å². The van der Waals surface area contributed by atoms with Crippen molar-refractivity contribution in [1.29, 1.82) is 0 Å². The minimum atomic E-state index is -0.0838. The number of Topliss-reactive ketones (excluding diaryl/α,β-unsaturated/α-hetero) is 1. The van der Waals surface area contributed by atoms with Crippen molar-refractivity contribution in [3.8, 4) is 5.75 Å². The fourth-order valence-electron chi connectivity index (χ4n) is 2.24. The number of fused-ring (bicyclic) bond motifs is 1. The number of ketones is 1. The molecule has 1 heterocycles. The molecule has 0 fully saturated rings. The van der Waals surface area contributed by atoms with Gasteiger partial charge in [-0.1, -0.05) is 37.3 Å². The number of rotatable bonds is 5. The first kappa shape index (κ1) is 13.4. The zero-order valence-electron chi connectivity index (χ0n) is 11.8. The molecule has 0 aliphatic carbocycles. The van der Waals surface area contributed by atoms with E-state index in [1.54, 1.807) is 0 Å². The maximum Gasteiger partial charge on any atom is 0.204 e. The van der Waals surface area contributed by atoms with Crippen molar-refractivity contribution in [1.82, 2.24) is 0 Å². The van der Waals surface area contributed by atoms with Gasteiger partial charge in [0.05, 0.1) is 5.56 Å². The summed E-state index contributed by atoms with van der Waals surface area (Å²) in [6.45, 7) is 2.11. The Labute approximate surface area is 123 Å². The molecule has 0 bridgehead atoms. The molecule has 0 spiro atoms. The van der Waals surface area contributed by atoms with E-state index in [2.05, 4.69) is 6.92 Å². The summed E-state index contributed by atoms with van der Waals surface area (Å²) in [5.41, 5.74) is 2.53.